The molecule has 0 radical (unpaired) electrons. The fraction of sp³-hybridized carbons (Fsp3) is 0.533. The van der Waals surface area contributed by atoms with Gasteiger partial charge in [-0.2, -0.15) is 5.10 Å². The molecule has 0 bridgehead atoms. The second-order valence-corrected chi connectivity index (χ2v) is 4.92. The molecule has 0 saturated heterocycles. The number of fused-ring (bicyclic) bond motifs is 1. The average molecular weight is 261 g/mol. The van der Waals surface area contributed by atoms with Crippen LogP contribution in [0.5, 0.6) is 0 Å². The lowest BCUT2D eigenvalue weighted by molar-refractivity contribution is 0.137. The van der Waals surface area contributed by atoms with Crippen molar-refractivity contribution in [3.05, 3.63) is 30.0 Å². The topological polar surface area (TPSA) is 39.1 Å². The Morgan fingerprint density at radius 3 is 2.84 bits per heavy atom. The second kappa shape index (κ2) is 6.68. The summed E-state index contributed by atoms with van der Waals surface area (Å²) in [7, 11) is 0. The number of hydrogen-bond donors (Lipinski definition) is 1. The van der Waals surface area contributed by atoms with E-state index in [1.807, 2.05) is 11.6 Å². The quantitative estimate of drug-likeness (QED) is 0.779. The molecule has 0 unspecified atom stereocenters. The summed E-state index contributed by atoms with van der Waals surface area (Å²) in [6.45, 7) is 9.37. The summed E-state index contributed by atoms with van der Waals surface area (Å²) in [5, 5.41) is 9.36. The van der Waals surface area contributed by atoms with Crippen molar-refractivity contribution in [2.45, 2.75) is 39.9 Å². The zero-order chi connectivity index (χ0) is 13.7. The predicted octanol–water partition coefficient (Wildman–Crippen LogP) is 2.57. The highest BCUT2D eigenvalue weighted by atomic mass is 16.5. The molecule has 1 aromatic carbocycles. The lowest BCUT2D eigenvalue weighted by atomic mass is 10.2. The van der Waals surface area contributed by atoms with Crippen molar-refractivity contribution in [2.24, 2.45) is 0 Å². The van der Waals surface area contributed by atoms with Gasteiger partial charge in [0, 0.05) is 24.6 Å². The van der Waals surface area contributed by atoms with Gasteiger partial charge in [0.05, 0.1) is 24.4 Å². The third-order valence-electron chi connectivity index (χ3n) is 3.06. The number of para-hydroxylation sites is 1. The fourth-order valence-electron chi connectivity index (χ4n) is 2.09. The molecule has 4 nitrogen and oxygen atoms in total. The van der Waals surface area contributed by atoms with Crippen LogP contribution < -0.4 is 5.32 Å². The predicted molar refractivity (Wildman–Crippen MR) is 78.2 cm³/mol. The van der Waals surface area contributed by atoms with Crippen LogP contribution in [-0.2, 0) is 17.8 Å². The molecule has 0 aliphatic rings. The molecule has 0 spiro atoms. The van der Waals surface area contributed by atoms with E-state index >= 15 is 0 Å². The Hall–Kier alpha value is -1.39. The zero-order valence-corrected chi connectivity index (χ0v) is 12.0. The van der Waals surface area contributed by atoms with E-state index in [9.17, 15) is 0 Å². The van der Waals surface area contributed by atoms with E-state index < -0.39 is 0 Å². The Morgan fingerprint density at radius 2 is 2.11 bits per heavy atom. The molecular weight excluding hydrogens is 238 g/mol. The van der Waals surface area contributed by atoms with Gasteiger partial charge in [-0.15, -0.1) is 0 Å². The Bertz CT molecular complexity index is 519. The maximum Gasteiger partial charge on any atom is 0.0841 e. The Kier molecular flexibility index (Phi) is 4.93. The summed E-state index contributed by atoms with van der Waals surface area (Å²) >= 11 is 0. The summed E-state index contributed by atoms with van der Waals surface area (Å²) in [5.74, 6) is 0. The highest BCUT2D eigenvalue weighted by Gasteiger charge is 2.09. The van der Waals surface area contributed by atoms with Crippen molar-refractivity contribution >= 4 is 10.9 Å². The lowest BCUT2D eigenvalue weighted by Crippen LogP contribution is -2.22. The van der Waals surface area contributed by atoms with E-state index in [0.29, 0.717) is 12.6 Å². The number of hydrogen-bond acceptors (Lipinski definition) is 3. The lowest BCUT2D eigenvalue weighted by Gasteiger charge is -2.05. The minimum absolute atomic E-state index is 0.465. The van der Waals surface area contributed by atoms with Crippen LogP contribution in [0.25, 0.3) is 10.9 Å². The number of ether oxygens (including phenoxy) is 1. The van der Waals surface area contributed by atoms with Gasteiger partial charge in [0.15, 0.2) is 0 Å². The zero-order valence-electron chi connectivity index (χ0n) is 12.0. The Balaban J connectivity index is 2.21. The van der Waals surface area contributed by atoms with Crippen LogP contribution in [0.2, 0.25) is 0 Å². The molecule has 104 valence electrons. The Labute approximate surface area is 114 Å². The molecule has 4 heteroatoms. The number of nitrogens with zero attached hydrogens (tertiary/aromatic N) is 2. The first-order valence-electron chi connectivity index (χ1n) is 6.98. The summed E-state index contributed by atoms with van der Waals surface area (Å²) in [4.78, 5) is 0. The molecule has 0 amide bonds. The molecular formula is C15H23N3O. The minimum atomic E-state index is 0.465. The average Bonchev–Trinajstić information content (AvgIpc) is 2.76. The number of rotatable bonds is 7. The summed E-state index contributed by atoms with van der Waals surface area (Å²) in [6.07, 6.45) is 0. The van der Waals surface area contributed by atoms with Crippen molar-refractivity contribution < 1.29 is 4.74 Å². The van der Waals surface area contributed by atoms with Gasteiger partial charge in [-0.3, -0.25) is 4.68 Å². The highest BCUT2D eigenvalue weighted by Crippen LogP contribution is 2.18. The highest BCUT2D eigenvalue weighted by molar-refractivity contribution is 5.81. The molecule has 1 heterocycles. The standard InChI is InChI=1S/C15H23N3O/c1-4-19-10-9-18-15-8-6-5-7-13(15)14(17-18)11-16-12(2)3/h5-8,12,16H,4,9-11H2,1-3H3. The monoisotopic (exact) mass is 261 g/mol. The summed E-state index contributed by atoms with van der Waals surface area (Å²) in [5.41, 5.74) is 2.29. The van der Waals surface area contributed by atoms with Crippen LogP contribution in [0.4, 0.5) is 0 Å². The Morgan fingerprint density at radius 1 is 1.32 bits per heavy atom. The molecule has 1 N–H and O–H groups in total. The van der Waals surface area contributed by atoms with E-state index in [0.717, 1.165) is 25.4 Å². The normalized spacial score (nSPS) is 11.6. The minimum Gasteiger partial charge on any atom is -0.380 e. The molecule has 0 saturated carbocycles. The van der Waals surface area contributed by atoms with Gasteiger partial charge >= 0.3 is 0 Å². The van der Waals surface area contributed by atoms with Gasteiger partial charge < -0.3 is 10.1 Å². The molecule has 2 aromatic rings. The van der Waals surface area contributed by atoms with Crippen LogP contribution >= 0.6 is 0 Å². The van der Waals surface area contributed by atoms with Gasteiger partial charge in [0.1, 0.15) is 0 Å². The first-order valence-corrected chi connectivity index (χ1v) is 6.98. The summed E-state index contributed by atoms with van der Waals surface area (Å²) in [6, 6.07) is 8.84. The molecule has 0 aliphatic heterocycles. The van der Waals surface area contributed by atoms with E-state index in [2.05, 4.69) is 43.4 Å². The van der Waals surface area contributed by atoms with Crippen LogP contribution in [0.15, 0.2) is 24.3 Å². The van der Waals surface area contributed by atoms with E-state index in [-0.39, 0.29) is 0 Å². The van der Waals surface area contributed by atoms with Gasteiger partial charge in [-0.25, -0.2) is 0 Å². The van der Waals surface area contributed by atoms with E-state index in [4.69, 9.17) is 9.84 Å². The number of benzene rings is 1. The van der Waals surface area contributed by atoms with Crippen LogP contribution in [0.1, 0.15) is 26.5 Å². The molecule has 1 aromatic heterocycles. The maximum atomic E-state index is 5.42. The van der Waals surface area contributed by atoms with Crippen molar-refractivity contribution in [1.29, 1.82) is 0 Å². The fourth-order valence-corrected chi connectivity index (χ4v) is 2.09. The first-order chi connectivity index (χ1) is 9.22. The van der Waals surface area contributed by atoms with Crippen LogP contribution in [0.3, 0.4) is 0 Å². The maximum absolute atomic E-state index is 5.42. The summed E-state index contributed by atoms with van der Waals surface area (Å²) < 4.78 is 7.46. The number of nitrogens with one attached hydrogen (secondary N) is 1. The first kappa shape index (κ1) is 14.0. The third kappa shape index (κ3) is 3.55. The van der Waals surface area contributed by atoms with Gasteiger partial charge in [0.2, 0.25) is 0 Å². The number of aromatic nitrogens is 2. The van der Waals surface area contributed by atoms with Crippen molar-refractivity contribution in [3.8, 4) is 0 Å². The molecule has 19 heavy (non-hydrogen) atoms. The van der Waals surface area contributed by atoms with Gasteiger partial charge in [-0.1, -0.05) is 32.0 Å². The molecule has 0 atom stereocenters. The van der Waals surface area contributed by atoms with Gasteiger partial charge in [0.25, 0.3) is 0 Å². The molecule has 2 rings (SSSR count). The SMILES string of the molecule is CCOCCn1nc(CNC(C)C)c2ccccc21. The van der Waals surface area contributed by atoms with Gasteiger partial charge in [-0.05, 0) is 13.0 Å². The van der Waals surface area contributed by atoms with Crippen LogP contribution in [0, 0.1) is 0 Å². The molecule has 0 aliphatic carbocycles. The van der Waals surface area contributed by atoms with Crippen molar-refractivity contribution in [1.82, 2.24) is 15.1 Å². The smallest absolute Gasteiger partial charge is 0.0841 e. The van der Waals surface area contributed by atoms with Crippen LogP contribution in [-0.4, -0.2) is 29.0 Å². The largest absolute Gasteiger partial charge is 0.380 e. The second-order valence-electron chi connectivity index (χ2n) is 4.92. The van der Waals surface area contributed by atoms with Crippen molar-refractivity contribution in [3.63, 3.8) is 0 Å². The van der Waals surface area contributed by atoms with E-state index in [1.54, 1.807) is 0 Å². The molecule has 0 fully saturated rings. The van der Waals surface area contributed by atoms with Crippen molar-refractivity contribution in [2.75, 3.05) is 13.2 Å². The van der Waals surface area contributed by atoms with E-state index in [1.165, 1.54) is 10.9 Å². The third-order valence-corrected chi connectivity index (χ3v) is 3.06.